The summed E-state index contributed by atoms with van der Waals surface area (Å²) < 4.78 is 4.82. The lowest BCUT2D eigenvalue weighted by Crippen LogP contribution is -2.48. The summed E-state index contributed by atoms with van der Waals surface area (Å²) in [4.78, 5) is 22.6. The summed E-state index contributed by atoms with van der Waals surface area (Å²) in [6.07, 6.45) is 3.30. The van der Waals surface area contributed by atoms with Crippen LogP contribution in [-0.2, 0) is 9.53 Å². The van der Waals surface area contributed by atoms with Crippen LogP contribution >= 0.6 is 0 Å². The van der Waals surface area contributed by atoms with Gasteiger partial charge in [0.1, 0.15) is 6.04 Å². The van der Waals surface area contributed by atoms with E-state index in [9.17, 15) is 9.59 Å². The quantitative estimate of drug-likeness (QED) is 0.662. The molecular weight excluding hydrogens is 236 g/mol. The standard InChI is InChI=1S/C12H22N2O4/c1-8-3-4-9(7-8)13-12(17)14-10(11(15)16)5-6-18-2/h8-10H,3-7H2,1-2H3,(H,15,16)(H2,13,14,17). The molecule has 0 saturated heterocycles. The molecule has 0 aromatic heterocycles. The Balaban J connectivity index is 2.34. The molecule has 0 aliphatic heterocycles. The monoisotopic (exact) mass is 258 g/mol. The summed E-state index contributed by atoms with van der Waals surface area (Å²) in [6.45, 7) is 2.45. The minimum Gasteiger partial charge on any atom is -0.480 e. The number of hydrogen-bond donors (Lipinski definition) is 3. The predicted molar refractivity (Wildman–Crippen MR) is 66.4 cm³/mol. The summed E-state index contributed by atoms with van der Waals surface area (Å²) in [5.41, 5.74) is 0. The number of rotatable bonds is 6. The Hall–Kier alpha value is -1.30. The predicted octanol–water partition coefficient (Wildman–Crippen LogP) is 0.964. The molecule has 1 fully saturated rings. The zero-order valence-corrected chi connectivity index (χ0v) is 10.9. The first-order valence-corrected chi connectivity index (χ1v) is 6.31. The van der Waals surface area contributed by atoms with Crippen LogP contribution < -0.4 is 10.6 Å². The van der Waals surface area contributed by atoms with Gasteiger partial charge >= 0.3 is 12.0 Å². The Bertz CT molecular complexity index is 296. The molecular formula is C12H22N2O4. The van der Waals surface area contributed by atoms with Gasteiger partial charge < -0.3 is 20.5 Å². The van der Waals surface area contributed by atoms with E-state index in [2.05, 4.69) is 17.6 Å². The molecule has 0 heterocycles. The highest BCUT2D eigenvalue weighted by Gasteiger charge is 2.25. The van der Waals surface area contributed by atoms with E-state index in [0.717, 1.165) is 19.3 Å². The van der Waals surface area contributed by atoms with Gasteiger partial charge in [-0.15, -0.1) is 0 Å². The molecule has 104 valence electrons. The van der Waals surface area contributed by atoms with E-state index < -0.39 is 18.0 Å². The van der Waals surface area contributed by atoms with Crippen LogP contribution in [0.4, 0.5) is 4.79 Å². The second kappa shape index (κ2) is 7.20. The van der Waals surface area contributed by atoms with Gasteiger partial charge in [0.15, 0.2) is 0 Å². The molecule has 2 amide bonds. The summed E-state index contributed by atoms with van der Waals surface area (Å²) in [7, 11) is 1.50. The molecule has 1 rings (SSSR count). The molecule has 18 heavy (non-hydrogen) atoms. The molecule has 1 aliphatic carbocycles. The van der Waals surface area contributed by atoms with E-state index in [4.69, 9.17) is 9.84 Å². The number of ether oxygens (including phenoxy) is 1. The van der Waals surface area contributed by atoms with Crippen LogP contribution in [-0.4, -0.2) is 42.9 Å². The first kappa shape index (κ1) is 14.8. The number of aliphatic carboxylic acids is 1. The Labute approximate surface area is 107 Å². The third kappa shape index (κ3) is 4.91. The van der Waals surface area contributed by atoms with Crippen molar-refractivity contribution >= 4 is 12.0 Å². The lowest BCUT2D eigenvalue weighted by molar-refractivity contribution is -0.139. The second-order valence-corrected chi connectivity index (χ2v) is 4.91. The number of methoxy groups -OCH3 is 1. The minimum atomic E-state index is -1.04. The van der Waals surface area contributed by atoms with E-state index >= 15 is 0 Å². The van der Waals surface area contributed by atoms with Gasteiger partial charge in [0.2, 0.25) is 0 Å². The third-order valence-electron chi connectivity index (χ3n) is 3.24. The van der Waals surface area contributed by atoms with E-state index in [1.54, 1.807) is 0 Å². The fourth-order valence-corrected chi connectivity index (χ4v) is 2.22. The van der Waals surface area contributed by atoms with Crippen LogP contribution in [0.3, 0.4) is 0 Å². The number of urea groups is 1. The molecule has 1 saturated carbocycles. The van der Waals surface area contributed by atoms with E-state index in [-0.39, 0.29) is 12.5 Å². The summed E-state index contributed by atoms with van der Waals surface area (Å²) in [5, 5.41) is 14.2. The molecule has 3 atom stereocenters. The molecule has 1 aliphatic rings. The number of amides is 2. The number of nitrogens with one attached hydrogen (secondary N) is 2. The van der Waals surface area contributed by atoms with Crippen LogP contribution in [0.1, 0.15) is 32.6 Å². The Kier molecular flexibility index (Phi) is 5.91. The fraction of sp³-hybridized carbons (Fsp3) is 0.833. The fourth-order valence-electron chi connectivity index (χ4n) is 2.22. The van der Waals surface area contributed by atoms with Gasteiger partial charge in [0.25, 0.3) is 0 Å². The van der Waals surface area contributed by atoms with Gasteiger partial charge in [-0.25, -0.2) is 9.59 Å². The highest BCUT2D eigenvalue weighted by Crippen LogP contribution is 2.24. The van der Waals surface area contributed by atoms with Crippen LogP contribution in [0.25, 0.3) is 0 Å². The minimum absolute atomic E-state index is 0.164. The third-order valence-corrected chi connectivity index (χ3v) is 3.24. The smallest absolute Gasteiger partial charge is 0.326 e. The van der Waals surface area contributed by atoms with Gasteiger partial charge in [0.05, 0.1) is 0 Å². The molecule has 3 N–H and O–H groups in total. The summed E-state index contributed by atoms with van der Waals surface area (Å²) in [5.74, 6) is -0.416. The van der Waals surface area contributed by atoms with Crippen LogP contribution in [0.2, 0.25) is 0 Å². The molecule has 0 aromatic rings. The molecule has 0 spiro atoms. The van der Waals surface area contributed by atoms with Crippen molar-refractivity contribution in [2.75, 3.05) is 13.7 Å². The number of carbonyl (C=O) groups excluding carboxylic acids is 1. The zero-order valence-electron chi connectivity index (χ0n) is 10.9. The van der Waals surface area contributed by atoms with E-state index in [1.807, 2.05) is 0 Å². The highest BCUT2D eigenvalue weighted by molar-refractivity contribution is 5.82. The summed E-state index contributed by atoms with van der Waals surface area (Å²) >= 11 is 0. The SMILES string of the molecule is COCCC(NC(=O)NC1CCC(C)C1)C(=O)O. The number of carboxylic acid groups (broad SMARTS) is 1. The van der Waals surface area contributed by atoms with Crippen LogP contribution in [0, 0.1) is 5.92 Å². The lowest BCUT2D eigenvalue weighted by Gasteiger charge is -2.17. The second-order valence-electron chi connectivity index (χ2n) is 4.91. The van der Waals surface area contributed by atoms with Crippen molar-refractivity contribution in [2.24, 2.45) is 5.92 Å². The molecule has 0 radical (unpaired) electrons. The van der Waals surface area contributed by atoms with Gasteiger partial charge in [-0.05, 0) is 25.2 Å². The number of carbonyl (C=O) groups is 2. The maximum Gasteiger partial charge on any atom is 0.326 e. The Morgan fingerprint density at radius 1 is 1.44 bits per heavy atom. The zero-order chi connectivity index (χ0) is 13.5. The average Bonchev–Trinajstić information content (AvgIpc) is 2.69. The van der Waals surface area contributed by atoms with Crippen molar-refractivity contribution in [3.8, 4) is 0 Å². The van der Waals surface area contributed by atoms with Crippen molar-refractivity contribution in [1.82, 2.24) is 10.6 Å². The Morgan fingerprint density at radius 2 is 2.17 bits per heavy atom. The van der Waals surface area contributed by atoms with Crippen molar-refractivity contribution in [1.29, 1.82) is 0 Å². The Morgan fingerprint density at radius 3 is 2.67 bits per heavy atom. The molecule has 6 heteroatoms. The van der Waals surface area contributed by atoms with Gasteiger partial charge in [-0.2, -0.15) is 0 Å². The molecule has 6 nitrogen and oxygen atoms in total. The van der Waals surface area contributed by atoms with Gasteiger partial charge in [-0.3, -0.25) is 0 Å². The van der Waals surface area contributed by atoms with Gasteiger partial charge in [-0.1, -0.05) is 6.92 Å². The molecule has 0 aromatic carbocycles. The van der Waals surface area contributed by atoms with Crippen molar-refractivity contribution in [3.05, 3.63) is 0 Å². The van der Waals surface area contributed by atoms with Crippen molar-refractivity contribution in [3.63, 3.8) is 0 Å². The summed E-state index contributed by atoms with van der Waals surface area (Å²) in [6, 6.07) is -1.14. The van der Waals surface area contributed by atoms with Gasteiger partial charge in [0, 0.05) is 26.2 Å². The van der Waals surface area contributed by atoms with Crippen molar-refractivity contribution in [2.45, 2.75) is 44.7 Å². The molecule has 0 bridgehead atoms. The average molecular weight is 258 g/mol. The molecule has 3 unspecified atom stereocenters. The number of hydrogen-bond acceptors (Lipinski definition) is 3. The topological polar surface area (TPSA) is 87.7 Å². The van der Waals surface area contributed by atoms with E-state index in [0.29, 0.717) is 12.5 Å². The normalized spacial score (nSPS) is 24.6. The lowest BCUT2D eigenvalue weighted by atomic mass is 10.1. The van der Waals surface area contributed by atoms with Crippen molar-refractivity contribution < 1.29 is 19.4 Å². The first-order valence-electron chi connectivity index (χ1n) is 6.31. The van der Waals surface area contributed by atoms with Crippen LogP contribution in [0.15, 0.2) is 0 Å². The maximum absolute atomic E-state index is 11.7. The number of carboxylic acids is 1. The highest BCUT2D eigenvalue weighted by atomic mass is 16.5. The first-order chi connectivity index (χ1) is 8.52. The maximum atomic E-state index is 11.7. The largest absolute Gasteiger partial charge is 0.480 e. The van der Waals surface area contributed by atoms with E-state index in [1.165, 1.54) is 7.11 Å². The van der Waals surface area contributed by atoms with Crippen LogP contribution in [0.5, 0.6) is 0 Å².